The molecule has 2 N–H and O–H groups in total. The van der Waals surface area contributed by atoms with Crippen LogP contribution in [-0.2, 0) is 20.9 Å². The largest absolute Gasteiger partial charge is 0.376 e. The third kappa shape index (κ3) is 4.82. The molecular weight excluding hydrogens is 346 g/mol. The number of carbonyl (C=O) groups is 2. The third-order valence-electron chi connectivity index (χ3n) is 4.92. The van der Waals surface area contributed by atoms with Gasteiger partial charge in [0.1, 0.15) is 0 Å². The van der Waals surface area contributed by atoms with Gasteiger partial charge < -0.3 is 15.4 Å². The van der Waals surface area contributed by atoms with Crippen LogP contribution in [0.15, 0.2) is 24.8 Å². The SMILES string of the molecule is CCCO[C@@H]1C[C@@H](C(=O)NCc2cnc3cnccn23)CC[C@H]1NC(C)=O. The van der Waals surface area contributed by atoms with Gasteiger partial charge in [-0.05, 0) is 25.7 Å². The molecule has 0 radical (unpaired) electrons. The fourth-order valence-electron chi connectivity index (χ4n) is 3.59. The fourth-order valence-corrected chi connectivity index (χ4v) is 3.59. The van der Waals surface area contributed by atoms with E-state index in [1.54, 1.807) is 18.6 Å². The van der Waals surface area contributed by atoms with E-state index in [9.17, 15) is 9.59 Å². The van der Waals surface area contributed by atoms with E-state index in [4.69, 9.17) is 4.74 Å². The molecule has 0 saturated heterocycles. The summed E-state index contributed by atoms with van der Waals surface area (Å²) in [7, 11) is 0. The summed E-state index contributed by atoms with van der Waals surface area (Å²) in [5, 5.41) is 5.98. The first-order valence-corrected chi connectivity index (χ1v) is 9.50. The molecule has 146 valence electrons. The predicted molar refractivity (Wildman–Crippen MR) is 99.8 cm³/mol. The van der Waals surface area contributed by atoms with Crippen LogP contribution < -0.4 is 10.6 Å². The molecule has 1 fully saturated rings. The Bertz CT molecular complexity index is 790. The van der Waals surface area contributed by atoms with Crippen molar-refractivity contribution in [2.75, 3.05) is 6.61 Å². The highest BCUT2D eigenvalue weighted by molar-refractivity contribution is 5.79. The first kappa shape index (κ1) is 19.3. The smallest absolute Gasteiger partial charge is 0.223 e. The van der Waals surface area contributed by atoms with Crippen molar-refractivity contribution >= 4 is 17.5 Å². The van der Waals surface area contributed by atoms with Gasteiger partial charge in [0.15, 0.2) is 5.65 Å². The molecule has 8 heteroatoms. The second kappa shape index (κ2) is 8.94. The molecule has 0 spiro atoms. The summed E-state index contributed by atoms with van der Waals surface area (Å²) in [6.07, 6.45) is 9.84. The van der Waals surface area contributed by atoms with Crippen LogP contribution in [0, 0.1) is 5.92 Å². The van der Waals surface area contributed by atoms with E-state index < -0.39 is 0 Å². The van der Waals surface area contributed by atoms with Crippen molar-refractivity contribution in [2.24, 2.45) is 5.92 Å². The normalized spacial score (nSPS) is 22.5. The van der Waals surface area contributed by atoms with Crippen LogP contribution in [0.2, 0.25) is 0 Å². The lowest BCUT2D eigenvalue weighted by Crippen LogP contribution is -2.49. The zero-order valence-corrected chi connectivity index (χ0v) is 15.9. The molecule has 2 aromatic heterocycles. The molecule has 0 unspecified atom stereocenters. The number of hydrogen-bond donors (Lipinski definition) is 2. The molecule has 0 aromatic carbocycles. The minimum Gasteiger partial charge on any atom is -0.376 e. The van der Waals surface area contributed by atoms with Gasteiger partial charge in [0.2, 0.25) is 11.8 Å². The second-order valence-corrected chi connectivity index (χ2v) is 7.00. The van der Waals surface area contributed by atoms with Crippen LogP contribution in [-0.4, -0.2) is 44.9 Å². The molecule has 2 heterocycles. The van der Waals surface area contributed by atoms with Gasteiger partial charge in [0.25, 0.3) is 0 Å². The molecule has 0 aliphatic heterocycles. The molecule has 3 atom stereocenters. The number of ether oxygens (including phenoxy) is 1. The van der Waals surface area contributed by atoms with Crippen LogP contribution in [0.25, 0.3) is 5.65 Å². The van der Waals surface area contributed by atoms with Crippen LogP contribution in [0.4, 0.5) is 0 Å². The van der Waals surface area contributed by atoms with Gasteiger partial charge in [-0.25, -0.2) is 4.98 Å². The summed E-state index contributed by atoms with van der Waals surface area (Å²) in [4.78, 5) is 32.4. The molecular formula is C19H27N5O3. The first-order chi connectivity index (χ1) is 13.1. The minimum atomic E-state index is -0.125. The number of aromatic nitrogens is 3. The lowest BCUT2D eigenvalue weighted by atomic mass is 9.83. The number of fused-ring (bicyclic) bond motifs is 1. The van der Waals surface area contributed by atoms with Crippen LogP contribution >= 0.6 is 0 Å². The third-order valence-corrected chi connectivity index (χ3v) is 4.92. The lowest BCUT2D eigenvalue weighted by molar-refractivity contribution is -0.129. The Morgan fingerprint density at radius 3 is 2.96 bits per heavy atom. The van der Waals surface area contributed by atoms with E-state index in [0.29, 0.717) is 19.6 Å². The molecule has 0 bridgehead atoms. The zero-order chi connectivity index (χ0) is 19.2. The molecule has 8 nitrogen and oxygen atoms in total. The Kier molecular flexibility index (Phi) is 6.39. The van der Waals surface area contributed by atoms with E-state index in [-0.39, 0.29) is 29.9 Å². The molecule has 2 aromatic rings. The van der Waals surface area contributed by atoms with Crippen molar-refractivity contribution in [1.82, 2.24) is 25.0 Å². The molecule has 27 heavy (non-hydrogen) atoms. The fraction of sp³-hybridized carbons (Fsp3) is 0.579. The van der Waals surface area contributed by atoms with E-state index in [1.165, 1.54) is 6.92 Å². The van der Waals surface area contributed by atoms with Crippen molar-refractivity contribution in [3.8, 4) is 0 Å². The maximum atomic E-state index is 12.7. The van der Waals surface area contributed by atoms with Gasteiger partial charge in [-0.15, -0.1) is 0 Å². The molecule has 1 saturated carbocycles. The standard InChI is InChI=1S/C19H27N5O3/c1-3-8-27-17-9-14(4-5-16(17)23-13(2)25)19(26)22-11-15-10-21-18-12-20-6-7-24(15)18/h6-7,10,12,14,16-17H,3-5,8-9,11H2,1-2H3,(H,22,26)(H,23,25)/t14-,16+,17+/m0/s1. The van der Waals surface area contributed by atoms with Crippen molar-refractivity contribution in [1.29, 1.82) is 0 Å². The quantitative estimate of drug-likeness (QED) is 0.765. The highest BCUT2D eigenvalue weighted by atomic mass is 16.5. The number of nitrogens with zero attached hydrogens (tertiary/aromatic N) is 3. The summed E-state index contributed by atoms with van der Waals surface area (Å²) in [5.41, 5.74) is 1.66. The van der Waals surface area contributed by atoms with Crippen molar-refractivity contribution < 1.29 is 14.3 Å². The maximum absolute atomic E-state index is 12.7. The van der Waals surface area contributed by atoms with Crippen molar-refractivity contribution in [3.05, 3.63) is 30.5 Å². The van der Waals surface area contributed by atoms with Crippen LogP contribution in [0.3, 0.4) is 0 Å². The van der Waals surface area contributed by atoms with E-state index in [2.05, 4.69) is 20.6 Å². The number of imidazole rings is 1. The van der Waals surface area contributed by atoms with Crippen LogP contribution in [0.5, 0.6) is 0 Å². The predicted octanol–water partition coefficient (Wildman–Crippen LogP) is 1.45. The van der Waals surface area contributed by atoms with Gasteiger partial charge in [-0.2, -0.15) is 0 Å². The maximum Gasteiger partial charge on any atom is 0.223 e. The Morgan fingerprint density at radius 2 is 2.19 bits per heavy atom. The Morgan fingerprint density at radius 1 is 1.33 bits per heavy atom. The topological polar surface area (TPSA) is 97.6 Å². The minimum absolute atomic E-state index is 0.0189. The average molecular weight is 373 g/mol. The molecule has 1 aliphatic carbocycles. The molecule has 3 rings (SSSR count). The van der Waals surface area contributed by atoms with Gasteiger partial charge in [-0.1, -0.05) is 6.92 Å². The van der Waals surface area contributed by atoms with Gasteiger partial charge >= 0.3 is 0 Å². The van der Waals surface area contributed by atoms with Gasteiger partial charge in [-0.3, -0.25) is 19.0 Å². The summed E-state index contributed by atoms with van der Waals surface area (Å²) >= 11 is 0. The van der Waals surface area contributed by atoms with E-state index in [1.807, 2.05) is 17.5 Å². The summed E-state index contributed by atoms with van der Waals surface area (Å²) in [5.74, 6) is -0.154. The number of amides is 2. The second-order valence-electron chi connectivity index (χ2n) is 7.00. The molecule has 1 aliphatic rings. The zero-order valence-electron chi connectivity index (χ0n) is 15.9. The number of rotatable bonds is 7. The Labute approximate surface area is 158 Å². The highest BCUT2D eigenvalue weighted by Gasteiger charge is 2.34. The summed E-state index contributed by atoms with van der Waals surface area (Å²) < 4.78 is 7.83. The Balaban J connectivity index is 1.58. The molecule has 2 amide bonds. The summed E-state index contributed by atoms with van der Waals surface area (Å²) in [6.45, 7) is 4.61. The van der Waals surface area contributed by atoms with Gasteiger partial charge in [0, 0.05) is 31.8 Å². The van der Waals surface area contributed by atoms with Crippen LogP contribution in [0.1, 0.15) is 45.2 Å². The number of carbonyl (C=O) groups excluding carboxylic acids is 2. The van der Waals surface area contributed by atoms with Crippen molar-refractivity contribution in [3.63, 3.8) is 0 Å². The first-order valence-electron chi connectivity index (χ1n) is 9.50. The van der Waals surface area contributed by atoms with Crippen molar-refractivity contribution in [2.45, 2.75) is 58.2 Å². The monoisotopic (exact) mass is 373 g/mol. The number of hydrogen-bond acceptors (Lipinski definition) is 5. The Hall–Kier alpha value is -2.48. The van der Waals surface area contributed by atoms with E-state index >= 15 is 0 Å². The number of nitrogens with one attached hydrogen (secondary N) is 2. The van der Waals surface area contributed by atoms with E-state index in [0.717, 1.165) is 30.6 Å². The lowest BCUT2D eigenvalue weighted by Gasteiger charge is -2.35. The van der Waals surface area contributed by atoms with Gasteiger partial charge in [0.05, 0.1) is 36.8 Å². The summed E-state index contributed by atoms with van der Waals surface area (Å²) in [6, 6.07) is -0.0237. The highest BCUT2D eigenvalue weighted by Crippen LogP contribution is 2.27. The average Bonchev–Trinajstić information content (AvgIpc) is 3.08.